The van der Waals surface area contributed by atoms with Gasteiger partial charge < -0.3 is 13.9 Å². The number of fused-ring (bicyclic) bond motifs is 1. The Bertz CT molecular complexity index is 798. The van der Waals surface area contributed by atoms with Crippen LogP contribution in [0, 0.1) is 6.92 Å². The van der Waals surface area contributed by atoms with Crippen LogP contribution in [0.3, 0.4) is 0 Å². The van der Waals surface area contributed by atoms with Crippen LogP contribution in [0.2, 0.25) is 0 Å². The molecule has 1 fully saturated rings. The van der Waals surface area contributed by atoms with Gasteiger partial charge in [0.2, 0.25) is 5.89 Å². The summed E-state index contributed by atoms with van der Waals surface area (Å²) in [7, 11) is 0. The fraction of sp³-hybridized carbons (Fsp3) is 0.444. The monoisotopic (exact) mass is 310 g/mol. The third kappa shape index (κ3) is 2.88. The third-order valence-corrected chi connectivity index (χ3v) is 4.64. The molecule has 3 heterocycles. The molecule has 0 atom stereocenters. The molecule has 0 spiro atoms. The van der Waals surface area contributed by atoms with E-state index in [-0.39, 0.29) is 0 Å². The van der Waals surface area contributed by atoms with Gasteiger partial charge in [0, 0.05) is 30.9 Å². The number of benzene rings is 1. The molecule has 0 radical (unpaired) electrons. The maximum absolute atomic E-state index is 5.67. The van der Waals surface area contributed by atoms with Gasteiger partial charge in [-0.1, -0.05) is 24.6 Å². The summed E-state index contributed by atoms with van der Waals surface area (Å²) in [5, 5.41) is 9.42. The van der Waals surface area contributed by atoms with Crippen LogP contribution in [0.4, 0.5) is 0 Å². The molecule has 2 aromatic heterocycles. The summed E-state index contributed by atoms with van der Waals surface area (Å²) in [5.74, 6) is 1.21. The Hall–Kier alpha value is -2.14. The molecule has 5 nitrogen and oxygen atoms in total. The van der Waals surface area contributed by atoms with Crippen molar-refractivity contribution in [3.05, 3.63) is 36.2 Å². The number of piperidine rings is 1. The molecule has 0 saturated carbocycles. The van der Waals surface area contributed by atoms with Crippen LogP contribution in [-0.2, 0) is 6.54 Å². The summed E-state index contributed by atoms with van der Waals surface area (Å²) in [6.45, 7) is 6.28. The van der Waals surface area contributed by atoms with Gasteiger partial charge in [0.25, 0.3) is 5.89 Å². The van der Waals surface area contributed by atoms with E-state index in [1.807, 2.05) is 6.92 Å². The van der Waals surface area contributed by atoms with Crippen molar-refractivity contribution >= 4 is 10.9 Å². The predicted octanol–water partition coefficient (Wildman–Crippen LogP) is 3.49. The maximum Gasteiger partial charge on any atom is 0.264 e. The van der Waals surface area contributed by atoms with Crippen molar-refractivity contribution in [2.45, 2.75) is 32.7 Å². The van der Waals surface area contributed by atoms with Crippen molar-refractivity contribution in [1.29, 1.82) is 0 Å². The van der Waals surface area contributed by atoms with Gasteiger partial charge in [0.15, 0.2) is 0 Å². The quantitative estimate of drug-likeness (QED) is 0.740. The number of likely N-dealkylation sites (tertiary alicyclic amines) is 1. The van der Waals surface area contributed by atoms with Gasteiger partial charge in [-0.05, 0) is 38.1 Å². The molecule has 1 aliphatic heterocycles. The Kier molecular flexibility index (Phi) is 3.87. The Morgan fingerprint density at radius 2 is 1.87 bits per heavy atom. The average Bonchev–Trinajstić information content (AvgIpc) is 3.17. The lowest BCUT2D eigenvalue weighted by Crippen LogP contribution is -2.32. The normalized spacial score (nSPS) is 16.2. The zero-order valence-corrected chi connectivity index (χ0v) is 13.5. The molecular weight excluding hydrogens is 288 g/mol. The largest absolute Gasteiger partial charge is 0.420 e. The van der Waals surface area contributed by atoms with Crippen molar-refractivity contribution in [3.8, 4) is 11.6 Å². The Morgan fingerprint density at radius 3 is 2.65 bits per heavy atom. The van der Waals surface area contributed by atoms with Crippen LogP contribution in [0.25, 0.3) is 22.5 Å². The van der Waals surface area contributed by atoms with E-state index in [2.05, 4.69) is 50.0 Å². The lowest BCUT2D eigenvalue weighted by atomic mass is 10.1. The van der Waals surface area contributed by atoms with E-state index in [0.717, 1.165) is 18.8 Å². The minimum atomic E-state index is 0.604. The molecule has 0 bridgehead atoms. The molecule has 0 unspecified atom stereocenters. The number of hydrogen-bond donors (Lipinski definition) is 0. The zero-order valence-electron chi connectivity index (χ0n) is 13.5. The highest BCUT2D eigenvalue weighted by Crippen LogP contribution is 2.27. The van der Waals surface area contributed by atoms with Crippen LogP contribution in [0.1, 0.15) is 25.2 Å². The van der Waals surface area contributed by atoms with Crippen molar-refractivity contribution in [3.63, 3.8) is 0 Å². The molecule has 0 N–H and O–H groups in total. The van der Waals surface area contributed by atoms with Crippen molar-refractivity contribution in [1.82, 2.24) is 19.7 Å². The van der Waals surface area contributed by atoms with E-state index in [1.165, 1.54) is 43.3 Å². The average molecular weight is 310 g/mol. The summed E-state index contributed by atoms with van der Waals surface area (Å²) >= 11 is 0. The summed E-state index contributed by atoms with van der Waals surface area (Å²) in [6.07, 6.45) is 4.01. The highest BCUT2D eigenvalue weighted by atomic mass is 16.4. The van der Waals surface area contributed by atoms with E-state index in [1.54, 1.807) is 0 Å². The predicted molar refractivity (Wildman–Crippen MR) is 90.3 cm³/mol. The van der Waals surface area contributed by atoms with E-state index in [4.69, 9.17) is 4.42 Å². The molecule has 120 valence electrons. The molecule has 5 heteroatoms. The lowest BCUT2D eigenvalue weighted by molar-refractivity contribution is 0.222. The number of para-hydroxylation sites is 1. The number of rotatable bonds is 4. The first-order valence-corrected chi connectivity index (χ1v) is 8.42. The van der Waals surface area contributed by atoms with E-state index in [9.17, 15) is 0 Å². The molecule has 1 aliphatic rings. The molecule has 1 aromatic carbocycles. The second-order valence-corrected chi connectivity index (χ2v) is 6.27. The lowest BCUT2D eigenvalue weighted by Gasteiger charge is -2.26. The first-order valence-electron chi connectivity index (χ1n) is 8.42. The molecule has 0 amide bonds. The summed E-state index contributed by atoms with van der Waals surface area (Å²) in [4.78, 5) is 2.56. The third-order valence-electron chi connectivity index (χ3n) is 4.64. The fourth-order valence-electron chi connectivity index (χ4n) is 3.45. The molecule has 1 saturated heterocycles. The van der Waals surface area contributed by atoms with E-state index < -0.39 is 0 Å². The van der Waals surface area contributed by atoms with Gasteiger partial charge in [0.1, 0.15) is 5.69 Å². The SMILES string of the molecule is Cc1nnc(-c2cc3ccccc3n2CCN2CCCCC2)o1. The molecule has 4 rings (SSSR count). The van der Waals surface area contributed by atoms with Gasteiger partial charge in [-0.15, -0.1) is 10.2 Å². The second-order valence-electron chi connectivity index (χ2n) is 6.27. The van der Waals surface area contributed by atoms with Crippen LogP contribution >= 0.6 is 0 Å². The highest BCUT2D eigenvalue weighted by Gasteiger charge is 2.17. The highest BCUT2D eigenvalue weighted by molar-refractivity contribution is 5.85. The Balaban J connectivity index is 1.67. The smallest absolute Gasteiger partial charge is 0.264 e. The van der Waals surface area contributed by atoms with Gasteiger partial charge in [-0.3, -0.25) is 0 Å². The van der Waals surface area contributed by atoms with Crippen molar-refractivity contribution in [2.24, 2.45) is 0 Å². The van der Waals surface area contributed by atoms with Crippen LogP contribution in [0.5, 0.6) is 0 Å². The summed E-state index contributed by atoms with van der Waals surface area (Å²) in [5.41, 5.74) is 2.25. The first-order chi connectivity index (χ1) is 11.3. The summed E-state index contributed by atoms with van der Waals surface area (Å²) in [6, 6.07) is 10.6. The van der Waals surface area contributed by atoms with E-state index >= 15 is 0 Å². The molecule has 0 aliphatic carbocycles. The Morgan fingerprint density at radius 1 is 1.04 bits per heavy atom. The zero-order chi connectivity index (χ0) is 15.6. The molecule has 23 heavy (non-hydrogen) atoms. The minimum absolute atomic E-state index is 0.604. The molecule has 3 aromatic rings. The topological polar surface area (TPSA) is 47.1 Å². The van der Waals surface area contributed by atoms with Crippen LogP contribution < -0.4 is 0 Å². The Labute approximate surface area is 135 Å². The van der Waals surface area contributed by atoms with Gasteiger partial charge in [0.05, 0.1) is 0 Å². The number of hydrogen-bond acceptors (Lipinski definition) is 4. The van der Waals surface area contributed by atoms with Crippen molar-refractivity contribution < 1.29 is 4.42 Å². The number of aryl methyl sites for hydroxylation is 1. The second kappa shape index (κ2) is 6.16. The maximum atomic E-state index is 5.67. The standard InChI is InChI=1S/C18H22N4O/c1-14-19-20-18(23-14)17-13-15-7-3-4-8-16(15)22(17)12-11-21-9-5-2-6-10-21/h3-4,7-8,13H,2,5-6,9-12H2,1H3. The number of aromatic nitrogens is 3. The van der Waals surface area contributed by atoms with Crippen LogP contribution in [-0.4, -0.2) is 39.3 Å². The van der Waals surface area contributed by atoms with Crippen molar-refractivity contribution in [2.75, 3.05) is 19.6 Å². The first kappa shape index (κ1) is 14.5. The minimum Gasteiger partial charge on any atom is -0.420 e. The van der Waals surface area contributed by atoms with Gasteiger partial charge in [-0.2, -0.15) is 0 Å². The van der Waals surface area contributed by atoms with E-state index in [0.29, 0.717) is 11.8 Å². The summed E-state index contributed by atoms with van der Waals surface area (Å²) < 4.78 is 7.99. The van der Waals surface area contributed by atoms with Gasteiger partial charge >= 0.3 is 0 Å². The van der Waals surface area contributed by atoms with Gasteiger partial charge in [-0.25, -0.2) is 0 Å². The van der Waals surface area contributed by atoms with Crippen LogP contribution in [0.15, 0.2) is 34.7 Å². The number of nitrogens with zero attached hydrogens (tertiary/aromatic N) is 4. The molecular formula is C18H22N4O. The fourth-order valence-corrected chi connectivity index (χ4v) is 3.45.